The van der Waals surface area contributed by atoms with E-state index in [-0.39, 0.29) is 11.6 Å². The SMILES string of the molecule is Cc1cc(-c2c(-c3cc[nH+]cc3)nc(N)n3c(=O)n(CCC(F)(F)F)nc23)cc(C)n1. The number of nitrogens with one attached hydrogen (secondary N) is 1. The first kappa shape index (κ1) is 20.5. The Labute approximate surface area is 174 Å². The van der Waals surface area contributed by atoms with Crippen LogP contribution in [0, 0.1) is 13.8 Å². The van der Waals surface area contributed by atoms with Crippen molar-refractivity contribution in [2.75, 3.05) is 5.73 Å². The van der Waals surface area contributed by atoms with Crippen LogP contribution in [0.15, 0.2) is 41.5 Å². The van der Waals surface area contributed by atoms with Crippen LogP contribution < -0.4 is 16.4 Å². The maximum atomic E-state index is 12.8. The third kappa shape index (κ3) is 3.98. The van der Waals surface area contributed by atoms with Gasteiger partial charge in [-0.25, -0.2) is 23.8 Å². The van der Waals surface area contributed by atoms with Crippen LogP contribution in [0.2, 0.25) is 0 Å². The number of anilines is 1. The largest absolute Gasteiger partial charge is 0.390 e. The van der Waals surface area contributed by atoms with Crippen LogP contribution in [0.25, 0.3) is 28.0 Å². The molecule has 3 N–H and O–H groups in total. The molecule has 160 valence electrons. The number of H-pyrrole nitrogens is 1. The summed E-state index contributed by atoms with van der Waals surface area (Å²) in [5.74, 6) is -0.160. The Morgan fingerprint density at radius 1 is 1.06 bits per heavy atom. The molecule has 4 heterocycles. The lowest BCUT2D eigenvalue weighted by Crippen LogP contribution is -2.25. The minimum Gasteiger partial charge on any atom is -0.369 e. The average Bonchev–Trinajstić information content (AvgIpc) is 3.02. The lowest BCUT2D eigenvalue weighted by atomic mass is 10.00. The number of aromatic nitrogens is 6. The van der Waals surface area contributed by atoms with Crippen molar-refractivity contribution in [3.63, 3.8) is 0 Å². The van der Waals surface area contributed by atoms with Crippen LogP contribution in [0.1, 0.15) is 17.8 Å². The molecule has 8 nitrogen and oxygen atoms in total. The zero-order chi connectivity index (χ0) is 22.3. The van der Waals surface area contributed by atoms with Gasteiger partial charge in [0, 0.05) is 29.1 Å². The highest BCUT2D eigenvalue weighted by Gasteiger charge is 2.28. The number of hydrogen-bond donors (Lipinski definition) is 1. The number of halogens is 3. The fourth-order valence-corrected chi connectivity index (χ4v) is 3.48. The Hall–Kier alpha value is -3.76. The molecule has 31 heavy (non-hydrogen) atoms. The summed E-state index contributed by atoms with van der Waals surface area (Å²) < 4.78 is 40.0. The highest BCUT2D eigenvalue weighted by atomic mass is 19.4. The lowest BCUT2D eigenvalue weighted by molar-refractivity contribution is -0.377. The smallest absolute Gasteiger partial charge is 0.369 e. The van der Waals surface area contributed by atoms with Gasteiger partial charge in [0.1, 0.15) is 0 Å². The summed E-state index contributed by atoms with van der Waals surface area (Å²) in [6, 6.07) is 7.17. The highest BCUT2D eigenvalue weighted by Crippen LogP contribution is 2.34. The fourth-order valence-electron chi connectivity index (χ4n) is 3.48. The van der Waals surface area contributed by atoms with Crippen LogP contribution in [-0.2, 0) is 6.54 Å². The molecule has 0 saturated carbocycles. The zero-order valence-corrected chi connectivity index (χ0v) is 16.7. The van der Waals surface area contributed by atoms with Crippen LogP contribution in [0.5, 0.6) is 0 Å². The van der Waals surface area contributed by atoms with E-state index in [0.717, 1.165) is 20.5 Å². The predicted octanol–water partition coefficient (Wildman–Crippen LogP) is 2.59. The van der Waals surface area contributed by atoms with Crippen LogP contribution >= 0.6 is 0 Å². The van der Waals surface area contributed by atoms with E-state index in [9.17, 15) is 18.0 Å². The number of fused-ring (bicyclic) bond motifs is 1. The first-order valence-corrected chi connectivity index (χ1v) is 9.42. The molecule has 4 aromatic heterocycles. The number of nitrogens with zero attached hydrogens (tertiary/aromatic N) is 5. The second-order valence-corrected chi connectivity index (χ2v) is 7.15. The number of alkyl halides is 3. The number of pyridine rings is 2. The summed E-state index contributed by atoms with van der Waals surface area (Å²) in [5.41, 5.74) is 9.19. The molecule has 0 aliphatic heterocycles. The highest BCUT2D eigenvalue weighted by molar-refractivity contribution is 5.90. The van der Waals surface area contributed by atoms with Gasteiger partial charge in [0.15, 0.2) is 18.0 Å². The number of aryl methyl sites for hydroxylation is 3. The van der Waals surface area contributed by atoms with Crippen molar-refractivity contribution in [1.82, 2.24) is 24.1 Å². The standard InChI is InChI=1S/C20H18F3N7O/c1-11-9-14(10-12(2)26-11)15-16(13-3-6-25-7-4-13)27-18(24)30-17(15)28-29(19(30)31)8-5-20(21,22)23/h3-4,6-7,9-10H,5,8H2,1-2H3,(H2,24,27)/p+1. The number of nitrogens with two attached hydrogens (primary N) is 1. The summed E-state index contributed by atoms with van der Waals surface area (Å²) in [5, 5.41) is 4.22. The number of aromatic amines is 1. The summed E-state index contributed by atoms with van der Waals surface area (Å²) >= 11 is 0. The maximum Gasteiger partial charge on any atom is 0.390 e. The first-order chi connectivity index (χ1) is 14.6. The summed E-state index contributed by atoms with van der Waals surface area (Å²) in [7, 11) is 0. The molecular weight excluding hydrogens is 411 g/mol. The van der Waals surface area contributed by atoms with Gasteiger partial charge in [-0.3, -0.25) is 4.98 Å². The third-order valence-corrected chi connectivity index (χ3v) is 4.72. The Kier molecular flexibility index (Phi) is 4.96. The van der Waals surface area contributed by atoms with Gasteiger partial charge in [-0.05, 0) is 31.5 Å². The van der Waals surface area contributed by atoms with E-state index in [1.807, 2.05) is 13.8 Å². The number of hydrogen-bond acceptors (Lipinski definition) is 5. The van der Waals surface area contributed by atoms with Crippen LogP contribution in [-0.4, -0.2) is 30.3 Å². The molecule has 0 saturated heterocycles. The molecule has 11 heteroatoms. The summed E-state index contributed by atoms with van der Waals surface area (Å²) in [6.07, 6.45) is -2.20. The van der Waals surface area contributed by atoms with E-state index < -0.39 is 24.8 Å². The Bertz CT molecular complexity index is 1310. The molecule has 0 radical (unpaired) electrons. The van der Waals surface area contributed by atoms with Crippen molar-refractivity contribution in [2.45, 2.75) is 33.0 Å². The van der Waals surface area contributed by atoms with Gasteiger partial charge in [-0.15, -0.1) is 5.10 Å². The average molecular weight is 430 g/mol. The maximum absolute atomic E-state index is 12.8. The van der Waals surface area contributed by atoms with Gasteiger partial charge in [-0.1, -0.05) is 0 Å². The van der Waals surface area contributed by atoms with Crippen molar-refractivity contribution in [2.24, 2.45) is 0 Å². The molecule has 0 aromatic carbocycles. The first-order valence-electron chi connectivity index (χ1n) is 9.42. The topological polar surface area (TPSA) is 105 Å². The van der Waals surface area contributed by atoms with Gasteiger partial charge in [0.05, 0.1) is 24.2 Å². The summed E-state index contributed by atoms with van der Waals surface area (Å²) in [6.45, 7) is 3.03. The van der Waals surface area contributed by atoms with Gasteiger partial charge in [-0.2, -0.15) is 13.2 Å². The predicted molar refractivity (Wildman–Crippen MR) is 107 cm³/mol. The molecule has 0 spiro atoms. The van der Waals surface area contributed by atoms with Crippen molar-refractivity contribution >= 4 is 11.6 Å². The van der Waals surface area contributed by atoms with Crippen molar-refractivity contribution < 1.29 is 18.2 Å². The minimum atomic E-state index is -4.42. The summed E-state index contributed by atoms with van der Waals surface area (Å²) in [4.78, 5) is 24.5. The monoisotopic (exact) mass is 430 g/mol. The quantitative estimate of drug-likeness (QED) is 0.536. The molecule has 0 fully saturated rings. The fraction of sp³-hybridized carbons (Fsp3) is 0.250. The van der Waals surface area contributed by atoms with Crippen molar-refractivity contribution in [3.8, 4) is 22.4 Å². The van der Waals surface area contributed by atoms with Gasteiger partial charge < -0.3 is 5.73 Å². The Morgan fingerprint density at radius 2 is 1.71 bits per heavy atom. The molecule has 0 unspecified atom stereocenters. The molecule has 4 rings (SSSR count). The van der Waals surface area contributed by atoms with Gasteiger partial charge >= 0.3 is 11.9 Å². The second-order valence-electron chi connectivity index (χ2n) is 7.15. The van der Waals surface area contributed by atoms with Crippen molar-refractivity contribution in [1.29, 1.82) is 0 Å². The molecule has 0 atom stereocenters. The van der Waals surface area contributed by atoms with E-state index in [1.165, 1.54) is 0 Å². The molecule has 0 bridgehead atoms. The van der Waals surface area contributed by atoms with E-state index >= 15 is 0 Å². The molecule has 0 aliphatic carbocycles. The molecule has 4 aromatic rings. The number of nitrogen functional groups attached to an aromatic ring is 1. The molecule has 0 aliphatic rings. The minimum absolute atomic E-state index is 0.132. The zero-order valence-electron chi connectivity index (χ0n) is 16.7. The molecular formula is C20H19F3N7O+. The van der Waals surface area contributed by atoms with Crippen molar-refractivity contribution in [3.05, 3.63) is 58.5 Å². The van der Waals surface area contributed by atoms with Crippen LogP contribution in [0.3, 0.4) is 0 Å². The Morgan fingerprint density at radius 3 is 2.32 bits per heavy atom. The second kappa shape index (κ2) is 7.49. The third-order valence-electron chi connectivity index (χ3n) is 4.72. The van der Waals surface area contributed by atoms with E-state index in [4.69, 9.17) is 5.73 Å². The number of rotatable bonds is 4. The normalized spacial score (nSPS) is 11.9. The molecule has 0 amide bonds. The van der Waals surface area contributed by atoms with E-state index in [2.05, 4.69) is 20.1 Å². The van der Waals surface area contributed by atoms with E-state index in [1.54, 1.807) is 36.7 Å². The van der Waals surface area contributed by atoms with E-state index in [0.29, 0.717) is 22.4 Å². The lowest BCUT2D eigenvalue weighted by Gasteiger charge is -2.12. The van der Waals surface area contributed by atoms with Gasteiger partial charge in [0.25, 0.3) is 0 Å². The van der Waals surface area contributed by atoms with Crippen LogP contribution in [0.4, 0.5) is 19.1 Å². The van der Waals surface area contributed by atoms with Gasteiger partial charge in [0.2, 0.25) is 5.95 Å². The Balaban J connectivity index is 2.05.